The Kier molecular flexibility index (Phi) is 13.3. The van der Waals surface area contributed by atoms with E-state index in [-0.39, 0.29) is 51.1 Å². The van der Waals surface area contributed by atoms with Crippen LogP contribution < -0.4 is 24.4 Å². The third kappa shape index (κ3) is 9.80. The number of nitrogens with one attached hydrogen (secondary N) is 3. The molecule has 2 saturated heterocycles. The van der Waals surface area contributed by atoms with Crippen LogP contribution in [0.3, 0.4) is 0 Å². The van der Waals surface area contributed by atoms with Crippen molar-refractivity contribution in [3.8, 4) is 17.2 Å². The summed E-state index contributed by atoms with van der Waals surface area (Å²) in [6, 6.07) is 28.0. The number of halogens is 1. The lowest BCUT2D eigenvalue weighted by Crippen LogP contribution is -2.68. The van der Waals surface area contributed by atoms with E-state index in [2.05, 4.69) is 85.0 Å². The molecule has 0 radical (unpaired) electrons. The molecule has 6 aromatic rings. The van der Waals surface area contributed by atoms with E-state index in [9.17, 15) is 27.7 Å². The highest BCUT2D eigenvalue weighted by Crippen LogP contribution is 2.61. The number of anilines is 2. The van der Waals surface area contributed by atoms with Gasteiger partial charge < -0.3 is 29.4 Å². The van der Waals surface area contributed by atoms with Crippen LogP contribution in [-0.4, -0.2) is 105 Å². The summed E-state index contributed by atoms with van der Waals surface area (Å²) in [6.07, 6.45) is 10.3. The molecule has 4 bridgehead atoms. The quantitative estimate of drug-likeness (QED) is 0.0580. The lowest BCUT2D eigenvalue weighted by Gasteiger charge is -2.63. The first-order valence-corrected chi connectivity index (χ1v) is 28.6. The summed E-state index contributed by atoms with van der Waals surface area (Å²) in [5, 5.41) is 16.0. The van der Waals surface area contributed by atoms with Crippen molar-refractivity contribution in [3.63, 3.8) is 0 Å². The Morgan fingerprint density at radius 2 is 1.70 bits per heavy atom. The van der Waals surface area contributed by atoms with Gasteiger partial charge in [0.15, 0.2) is 0 Å². The van der Waals surface area contributed by atoms with Gasteiger partial charge in [0.2, 0.25) is 0 Å². The number of nitro benzene ring substituents is 1. The molecule has 18 heteroatoms. The average Bonchev–Trinajstić information content (AvgIpc) is 3.91. The van der Waals surface area contributed by atoms with Crippen LogP contribution in [0.15, 0.2) is 108 Å². The number of rotatable bonds is 17. The van der Waals surface area contributed by atoms with Crippen LogP contribution in [0.2, 0.25) is 0 Å². The Morgan fingerprint density at radius 1 is 0.935 bits per heavy atom. The minimum atomic E-state index is -4.64. The van der Waals surface area contributed by atoms with Crippen LogP contribution in [0.5, 0.6) is 17.2 Å². The molecule has 3 N–H and O–H groups in total. The van der Waals surface area contributed by atoms with Crippen LogP contribution in [0.1, 0.15) is 97.8 Å². The number of hydrogen-bond acceptors (Lipinski definition) is 13. The number of benzene rings is 4. The number of nitrogens with zero attached hydrogens (tertiary/aromatic N) is 5. The van der Waals surface area contributed by atoms with E-state index < -0.39 is 37.3 Å². The number of aromatic nitrogens is 2. The standard InChI is InChI=1S/C59H67FN8O8S/c1-36(2)46-7-5-6-8-47(46)53-32-65(31-37-9-12-43(74-3)13-10-37)17-18-67(53)42-27-59(28-42)34-66(35-59)41-11-15-48(54(21-41)76-44-22-49-50(60)30-62-56(49)61-29-44)57(69)64-77(72,73)45-14-16-51(52(23-45)68(70)71)63-33-58-24-38-19-39(25-58)55(75-4)40(20-38)26-58/h5-16,21-23,29-30,36,38-40,42,53,55,63H,17-20,24-28,31-35H2,1-4H3,(H,61,62)(H,64,69)/t38?,39-,40?,53+,55?,58?/m1/s1. The number of sulfonamides is 1. The number of piperazine rings is 1. The number of carbonyl (C=O) groups is 1. The smallest absolute Gasteiger partial charge is 0.293 e. The molecule has 77 heavy (non-hydrogen) atoms. The fourth-order valence-electron chi connectivity index (χ4n) is 14.8. The Hall–Kier alpha value is -6.60. The third-order valence-electron chi connectivity index (χ3n) is 18.1. The van der Waals surface area contributed by atoms with Crippen LogP contribution in [0.4, 0.5) is 21.5 Å². The molecule has 7 fully saturated rings. The zero-order valence-electron chi connectivity index (χ0n) is 44.0. The van der Waals surface area contributed by atoms with Gasteiger partial charge in [-0.05, 0) is 133 Å². The molecule has 4 heterocycles. The second-order valence-electron chi connectivity index (χ2n) is 23.4. The monoisotopic (exact) mass is 1070 g/mol. The summed E-state index contributed by atoms with van der Waals surface area (Å²) >= 11 is 0. The first-order chi connectivity index (χ1) is 37.1. The summed E-state index contributed by atoms with van der Waals surface area (Å²) in [5.74, 6) is 1.42. The highest BCUT2D eigenvalue weighted by molar-refractivity contribution is 7.90. The predicted octanol–water partition coefficient (Wildman–Crippen LogP) is 10.4. The molecule has 2 aliphatic heterocycles. The lowest BCUT2D eigenvalue weighted by atomic mass is 9.48. The molecule has 5 aliphatic carbocycles. The number of aromatic amines is 1. The zero-order chi connectivity index (χ0) is 53.4. The number of pyridine rings is 1. The van der Waals surface area contributed by atoms with Crippen LogP contribution in [-0.2, 0) is 21.3 Å². The number of carbonyl (C=O) groups excluding carboxylic acids is 1. The molecule has 16 nitrogen and oxygen atoms in total. The van der Waals surface area contributed by atoms with Crippen molar-refractivity contribution in [2.24, 2.45) is 28.6 Å². The fraction of sp³-hybridized carbons (Fsp3) is 0.458. The number of nitro groups is 1. The van der Waals surface area contributed by atoms with Crippen molar-refractivity contribution in [1.82, 2.24) is 24.5 Å². The second kappa shape index (κ2) is 20.0. The Balaban J connectivity index is 0.749. The van der Waals surface area contributed by atoms with Gasteiger partial charge in [0, 0.05) is 94.4 Å². The highest BCUT2D eigenvalue weighted by atomic mass is 32.2. The van der Waals surface area contributed by atoms with Crippen molar-refractivity contribution < 1.29 is 36.7 Å². The molecular weight excluding hydrogens is 1000 g/mol. The molecule has 13 rings (SSSR count). The van der Waals surface area contributed by atoms with E-state index in [4.69, 9.17) is 14.2 Å². The first kappa shape index (κ1) is 51.2. The summed E-state index contributed by atoms with van der Waals surface area (Å²) in [5.41, 5.74) is 4.93. The normalized spacial score (nSPS) is 25.0. The Labute approximate surface area is 448 Å². The molecule has 5 saturated carbocycles. The highest BCUT2D eigenvalue weighted by Gasteiger charge is 2.57. The molecule has 2 aromatic heterocycles. The van der Waals surface area contributed by atoms with E-state index in [1.807, 2.05) is 12.1 Å². The van der Waals surface area contributed by atoms with Gasteiger partial charge in [0.1, 0.15) is 34.4 Å². The molecule has 404 valence electrons. The number of H-pyrrole nitrogens is 1. The second-order valence-corrected chi connectivity index (χ2v) is 25.1. The maximum absolute atomic E-state index is 14.8. The predicted molar refractivity (Wildman–Crippen MR) is 292 cm³/mol. The van der Waals surface area contributed by atoms with Gasteiger partial charge in [-0.15, -0.1) is 0 Å². The van der Waals surface area contributed by atoms with Crippen LogP contribution in [0.25, 0.3) is 11.0 Å². The van der Waals surface area contributed by atoms with Crippen molar-refractivity contribution >= 4 is 44.0 Å². The summed E-state index contributed by atoms with van der Waals surface area (Å²) in [4.78, 5) is 40.3. The van der Waals surface area contributed by atoms with Crippen LogP contribution >= 0.6 is 0 Å². The number of amides is 1. The van der Waals surface area contributed by atoms with Gasteiger partial charge in [-0.2, -0.15) is 0 Å². The maximum atomic E-state index is 14.8. The molecule has 4 unspecified atom stereocenters. The maximum Gasteiger partial charge on any atom is 0.293 e. The average molecular weight is 1070 g/mol. The number of fused-ring (bicyclic) bond motifs is 1. The van der Waals surface area contributed by atoms with Crippen LogP contribution in [0, 0.1) is 44.5 Å². The molecule has 1 amide bonds. The molecule has 7 aliphatic rings. The molecule has 6 atom stereocenters. The third-order valence-corrected chi connectivity index (χ3v) is 19.4. The minimum absolute atomic E-state index is 0.0102. The van der Waals surface area contributed by atoms with Crippen molar-refractivity contribution in [2.45, 2.75) is 94.3 Å². The zero-order valence-corrected chi connectivity index (χ0v) is 44.9. The number of hydrogen-bond donors (Lipinski definition) is 3. The number of ether oxygens (including phenoxy) is 3. The van der Waals surface area contributed by atoms with Gasteiger partial charge in [-0.1, -0.05) is 50.2 Å². The van der Waals surface area contributed by atoms with E-state index in [1.165, 1.54) is 53.3 Å². The molecular formula is C59H67FN8O8S. The van der Waals surface area contributed by atoms with Crippen molar-refractivity contribution in [2.75, 3.05) is 63.7 Å². The summed E-state index contributed by atoms with van der Waals surface area (Å²) in [6.45, 7) is 10.4. The largest absolute Gasteiger partial charge is 0.497 e. The van der Waals surface area contributed by atoms with E-state index in [1.54, 1.807) is 26.4 Å². The molecule has 1 spiro atoms. The van der Waals surface area contributed by atoms with E-state index >= 15 is 0 Å². The number of methoxy groups -OCH3 is 2. The van der Waals surface area contributed by atoms with Gasteiger partial charge >= 0.3 is 0 Å². The Bertz CT molecular complexity index is 3320. The Morgan fingerprint density at radius 3 is 2.43 bits per heavy atom. The van der Waals surface area contributed by atoms with Gasteiger partial charge in [0.25, 0.3) is 21.6 Å². The van der Waals surface area contributed by atoms with Gasteiger partial charge in [-0.3, -0.25) is 24.7 Å². The fourth-order valence-corrected chi connectivity index (χ4v) is 15.8. The molecule has 4 aromatic carbocycles. The van der Waals surface area contributed by atoms with E-state index in [0.717, 1.165) is 102 Å². The van der Waals surface area contributed by atoms with Crippen molar-refractivity contribution in [3.05, 3.63) is 142 Å². The lowest BCUT2D eigenvalue weighted by molar-refractivity contribution is -0.384. The van der Waals surface area contributed by atoms with Crippen molar-refractivity contribution in [1.29, 1.82) is 0 Å². The minimum Gasteiger partial charge on any atom is -0.497 e. The van der Waals surface area contributed by atoms with Gasteiger partial charge in [0.05, 0.1) is 40.2 Å². The summed E-state index contributed by atoms with van der Waals surface area (Å²) < 4.78 is 62.6. The summed E-state index contributed by atoms with van der Waals surface area (Å²) in [7, 11) is -1.16. The first-order valence-electron chi connectivity index (χ1n) is 27.1. The van der Waals surface area contributed by atoms with Gasteiger partial charge in [-0.25, -0.2) is 22.5 Å². The van der Waals surface area contributed by atoms with E-state index in [0.29, 0.717) is 41.9 Å². The topological polar surface area (TPSA) is 184 Å². The SMILES string of the molecule is COc1ccc(CN2CCN(C3CC4(C3)CN(c3ccc(C(=O)NS(=O)(=O)c5ccc(NCC67CC8CC(C6)C(OC)[C@H](C8)C7)c([N+](=O)[O-])c5)c(Oc5cnc6[nH]cc(F)c6c5)c3)C4)[C@H](c3ccccc3C(C)C)C2)cc1.